The molecule has 0 atom stereocenters. The molecule has 0 aliphatic rings. The summed E-state index contributed by atoms with van der Waals surface area (Å²) in [5.41, 5.74) is 0.289. The summed E-state index contributed by atoms with van der Waals surface area (Å²) < 4.78 is 0. The Hall–Kier alpha value is -1.88. The molecule has 0 fully saturated rings. The van der Waals surface area contributed by atoms with E-state index in [0.717, 1.165) is 12.8 Å². The molecule has 2 amide bonds. The summed E-state index contributed by atoms with van der Waals surface area (Å²) >= 11 is 0. The van der Waals surface area contributed by atoms with Gasteiger partial charge in [-0.25, -0.2) is 0 Å². The summed E-state index contributed by atoms with van der Waals surface area (Å²) in [6.45, 7) is 5.42. The summed E-state index contributed by atoms with van der Waals surface area (Å²) in [7, 11) is 0. The summed E-state index contributed by atoms with van der Waals surface area (Å²) in [5, 5.41) is 16.0. The lowest BCUT2D eigenvalue weighted by Gasteiger charge is -2.26. The number of rotatable bonds is 8. The molecule has 3 N–H and O–H groups in total. The molecule has 0 heterocycles. The van der Waals surface area contributed by atoms with Crippen molar-refractivity contribution >= 4 is 23.2 Å². The van der Waals surface area contributed by atoms with E-state index in [2.05, 4.69) is 10.6 Å². The zero-order valence-corrected chi connectivity index (χ0v) is 13.6. The Bertz CT molecular complexity index is 508. The van der Waals surface area contributed by atoms with Gasteiger partial charge in [0.1, 0.15) is 0 Å². The molecule has 5 nitrogen and oxygen atoms in total. The highest BCUT2D eigenvalue weighted by Crippen LogP contribution is 2.24. The van der Waals surface area contributed by atoms with E-state index in [9.17, 15) is 14.7 Å². The molecule has 0 unspecified atom stereocenters. The lowest BCUT2D eigenvalue weighted by molar-refractivity contribution is -0.121. The topological polar surface area (TPSA) is 78.4 Å². The number of hydrogen-bond donors (Lipinski definition) is 3. The van der Waals surface area contributed by atoms with Gasteiger partial charge < -0.3 is 15.7 Å². The van der Waals surface area contributed by atoms with Gasteiger partial charge in [0, 0.05) is 18.3 Å². The zero-order valence-electron chi connectivity index (χ0n) is 13.6. The maximum absolute atomic E-state index is 12.2. The van der Waals surface area contributed by atoms with Crippen LogP contribution >= 0.6 is 0 Å². The van der Waals surface area contributed by atoms with Crippen LogP contribution in [0.15, 0.2) is 24.3 Å². The predicted octanol–water partition coefficient (Wildman–Crippen LogP) is 3.30. The molecule has 0 aliphatic carbocycles. The van der Waals surface area contributed by atoms with Crippen LogP contribution in [0.3, 0.4) is 0 Å². The number of carbonyl (C=O) groups excluding carboxylic acids is 2. The van der Waals surface area contributed by atoms with E-state index >= 15 is 0 Å². The molecule has 0 saturated carbocycles. The van der Waals surface area contributed by atoms with Gasteiger partial charge in [-0.2, -0.15) is 0 Å². The first-order valence-electron chi connectivity index (χ1n) is 7.78. The largest absolute Gasteiger partial charge is 0.389 e. The molecule has 0 bridgehead atoms. The quantitative estimate of drug-likeness (QED) is 0.689. The lowest BCUT2D eigenvalue weighted by atomic mass is 9.89. The molecule has 0 aliphatic heterocycles. The van der Waals surface area contributed by atoms with Crippen LogP contribution in [0.5, 0.6) is 0 Å². The molecule has 1 aromatic rings. The Labute approximate surface area is 132 Å². The maximum Gasteiger partial charge on any atom is 0.227 e. The third kappa shape index (κ3) is 6.26. The second-order valence-corrected chi connectivity index (χ2v) is 5.71. The Morgan fingerprint density at radius 3 is 2.14 bits per heavy atom. The molecule has 0 aromatic heterocycles. The van der Waals surface area contributed by atoms with Crippen LogP contribution in [-0.2, 0) is 9.59 Å². The average Bonchev–Trinajstić information content (AvgIpc) is 2.37. The van der Waals surface area contributed by atoms with Gasteiger partial charge in [-0.05, 0) is 31.0 Å². The number of carbonyl (C=O) groups is 2. The van der Waals surface area contributed by atoms with Crippen molar-refractivity contribution in [1.29, 1.82) is 0 Å². The van der Waals surface area contributed by atoms with Gasteiger partial charge in [-0.15, -0.1) is 0 Å². The molecule has 5 heteroatoms. The maximum atomic E-state index is 12.2. The highest BCUT2D eigenvalue weighted by molar-refractivity contribution is 5.93. The van der Waals surface area contributed by atoms with Crippen LogP contribution in [0.25, 0.3) is 0 Å². The Morgan fingerprint density at radius 2 is 1.64 bits per heavy atom. The molecule has 0 saturated heterocycles. The van der Waals surface area contributed by atoms with Gasteiger partial charge >= 0.3 is 0 Å². The van der Waals surface area contributed by atoms with Crippen LogP contribution in [0.1, 0.15) is 52.9 Å². The number of aliphatic hydroxyl groups is 1. The molecule has 0 spiro atoms. The van der Waals surface area contributed by atoms with E-state index in [0.29, 0.717) is 24.2 Å². The minimum Gasteiger partial charge on any atom is -0.389 e. The van der Waals surface area contributed by atoms with E-state index < -0.39 is 5.60 Å². The van der Waals surface area contributed by atoms with E-state index in [-0.39, 0.29) is 18.2 Å². The number of nitrogens with one attached hydrogen (secondary N) is 2. The van der Waals surface area contributed by atoms with Crippen molar-refractivity contribution in [3.05, 3.63) is 24.3 Å². The highest BCUT2D eigenvalue weighted by atomic mass is 16.3. The monoisotopic (exact) mass is 306 g/mol. The Kier molecular flexibility index (Phi) is 7.05. The highest BCUT2D eigenvalue weighted by Gasteiger charge is 2.28. The van der Waals surface area contributed by atoms with Crippen molar-refractivity contribution in [2.45, 2.75) is 58.5 Å². The van der Waals surface area contributed by atoms with Gasteiger partial charge in [-0.3, -0.25) is 9.59 Å². The van der Waals surface area contributed by atoms with Crippen LogP contribution in [-0.4, -0.2) is 22.5 Å². The van der Waals surface area contributed by atoms with Gasteiger partial charge in [-0.1, -0.05) is 32.8 Å². The molecule has 22 heavy (non-hydrogen) atoms. The zero-order chi connectivity index (χ0) is 16.6. The minimum atomic E-state index is -0.942. The van der Waals surface area contributed by atoms with Crippen molar-refractivity contribution in [1.82, 2.24) is 0 Å². The van der Waals surface area contributed by atoms with Gasteiger partial charge in [0.15, 0.2) is 0 Å². The smallest absolute Gasteiger partial charge is 0.227 e. The first-order chi connectivity index (χ1) is 10.4. The van der Waals surface area contributed by atoms with Crippen molar-refractivity contribution < 1.29 is 14.7 Å². The Balaban J connectivity index is 2.69. The molecular weight excluding hydrogens is 280 g/mol. The summed E-state index contributed by atoms with van der Waals surface area (Å²) in [6.07, 6.45) is 2.98. The molecular formula is C17H26N2O3. The predicted molar refractivity (Wildman–Crippen MR) is 88.8 cm³/mol. The standard InChI is InChI=1S/C17H26N2O3/c1-4-9-17(22,10-5-2)12-16(21)19-15-8-6-7-14(11-15)18-13(3)20/h6-8,11,22H,4-5,9-10,12H2,1-3H3,(H,18,20)(H,19,21). The number of hydrogen-bond acceptors (Lipinski definition) is 3. The second kappa shape index (κ2) is 8.54. The first-order valence-corrected chi connectivity index (χ1v) is 7.78. The van der Waals surface area contributed by atoms with Gasteiger partial charge in [0.05, 0.1) is 12.0 Å². The third-order valence-electron chi connectivity index (χ3n) is 3.39. The fourth-order valence-corrected chi connectivity index (χ4v) is 2.61. The van der Waals surface area contributed by atoms with Crippen molar-refractivity contribution in [3.8, 4) is 0 Å². The number of anilines is 2. The van der Waals surface area contributed by atoms with E-state index in [1.54, 1.807) is 24.3 Å². The Morgan fingerprint density at radius 1 is 1.09 bits per heavy atom. The van der Waals surface area contributed by atoms with E-state index in [4.69, 9.17) is 0 Å². The van der Waals surface area contributed by atoms with Crippen molar-refractivity contribution in [2.75, 3.05) is 10.6 Å². The fraction of sp³-hybridized carbons (Fsp3) is 0.529. The average molecular weight is 306 g/mol. The molecule has 0 radical (unpaired) electrons. The minimum absolute atomic E-state index is 0.0824. The van der Waals surface area contributed by atoms with Crippen LogP contribution in [0.2, 0.25) is 0 Å². The lowest BCUT2D eigenvalue weighted by Crippen LogP contribution is -2.33. The summed E-state index contributed by atoms with van der Waals surface area (Å²) in [4.78, 5) is 23.2. The normalized spacial score (nSPS) is 11.1. The number of benzene rings is 1. The first kappa shape index (κ1) is 18.2. The second-order valence-electron chi connectivity index (χ2n) is 5.71. The van der Waals surface area contributed by atoms with Crippen LogP contribution < -0.4 is 10.6 Å². The third-order valence-corrected chi connectivity index (χ3v) is 3.39. The van der Waals surface area contributed by atoms with E-state index in [1.165, 1.54) is 6.92 Å². The fourth-order valence-electron chi connectivity index (χ4n) is 2.61. The van der Waals surface area contributed by atoms with Crippen LogP contribution in [0, 0.1) is 0 Å². The van der Waals surface area contributed by atoms with Crippen molar-refractivity contribution in [3.63, 3.8) is 0 Å². The molecule has 122 valence electrons. The van der Waals surface area contributed by atoms with Gasteiger partial charge in [0.25, 0.3) is 0 Å². The van der Waals surface area contributed by atoms with Crippen molar-refractivity contribution in [2.24, 2.45) is 0 Å². The summed E-state index contributed by atoms with van der Waals surface area (Å²) in [5.74, 6) is -0.381. The van der Waals surface area contributed by atoms with Gasteiger partial charge in [0.2, 0.25) is 11.8 Å². The van der Waals surface area contributed by atoms with Crippen LogP contribution in [0.4, 0.5) is 11.4 Å². The molecule has 1 rings (SSSR count). The SMILES string of the molecule is CCCC(O)(CCC)CC(=O)Nc1cccc(NC(C)=O)c1. The molecule has 1 aromatic carbocycles. The number of amides is 2. The summed E-state index contributed by atoms with van der Waals surface area (Å²) in [6, 6.07) is 6.95. The van der Waals surface area contributed by atoms with E-state index in [1.807, 2.05) is 13.8 Å².